The van der Waals surface area contributed by atoms with Gasteiger partial charge in [0.2, 0.25) is 5.75 Å². The molecule has 0 aliphatic carbocycles. The van der Waals surface area contributed by atoms with Crippen molar-refractivity contribution < 1.29 is 23.7 Å². The Morgan fingerprint density at radius 3 is 2.32 bits per heavy atom. The zero-order chi connectivity index (χ0) is 19.9. The smallest absolute Gasteiger partial charge is 0.204 e. The van der Waals surface area contributed by atoms with Gasteiger partial charge < -0.3 is 18.9 Å². The minimum atomic E-state index is -0.191. The van der Waals surface area contributed by atoms with Crippen LogP contribution in [0.3, 0.4) is 0 Å². The molecule has 28 heavy (non-hydrogen) atoms. The maximum atomic E-state index is 13.1. The predicted octanol–water partition coefficient (Wildman–Crippen LogP) is 4.39. The highest BCUT2D eigenvalue weighted by Crippen LogP contribution is 2.41. The average molecular weight is 426 g/mol. The van der Waals surface area contributed by atoms with Crippen molar-refractivity contribution in [2.24, 2.45) is 0 Å². The van der Waals surface area contributed by atoms with Crippen molar-refractivity contribution in [3.63, 3.8) is 0 Å². The molecule has 1 aliphatic rings. The van der Waals surface area contributed by atoms with Crippen molar-refractivity contribution >= 4 is 29.0 Å². The molecule has 1 aromatic carbocycles. The summed E-state index contributed by atoms with van der Waals surface area (Å²) in [6.45, 7) is 2.01. The van der Waals surface area contributed by atoms with Gasteiger partial charge in [0.05, 0.1) is 35.9 Å². The Labute approximate surface area is 173 Å². The van der Waals surface area contributed by atoms with Gasteiger partial charge in [-0.05, 0) is 12.1 Å². The van der Waals surface area contributed by atoms with Crippen LogP contribution >= 0.6 is 23.2 Å². The van der Waals surface area contributed by atoms with Crippen LogP contribution in [0.2, 0.25) is 10.0 Å². The fourth-order valence-electron chi connectivity index (χ4n) is 2.84. The number of halogens is 2. The van der Waals surface area contributed by atoms with Crippen molar-refractivity contribution in [1.29, 1.82) is 0 Å². The lowest BCUT2D eigenvalue weighted by Crippen LogP contribution is -2.11. The van der Waals surface area contributed by atoms with E-state index in [-0.39, 0.29) is 12.2 Å². The zero-order valence-electron chi connectivity index (χ0n) is 15.5. The molecule has 0 fully saturated rings. The summed E-state index contributed by atoms with van der Waals surface area (Å²) in [6.07, 6.45) is 4.37. The van der Waals surface area contributed by atoms with Crippen molar-refractivity contribution in [1.82, 2.24) is 4.98 Å². The van der Waals surface area contributed by atoms with Gasteiger partial charge in [-0.15, -0.1) is 0 Å². The maximum Gasteiger partial charge on any atom is 0.204 e. The number of pyridine rings is 1. The molecule has 1 aliphatic heterocycles. The molecule has 0 unspecified atom stereocenters. The number of hydrogen-bond acceptors (Lipinski definition) is 6. The number of fused-ring (bicyclic) bond motifs is 1. The van der Waals surface area contributed by atoms with Crippen LogP contribution in [0, 0.1) is 0 Å². The van der Waals surface area contributed by atoms with E-state index in [0.717, 1.165) is 6.42 Å². The second-order valence-electron chi connectivity index (χ2n) is 6.17. The van der Waals surface area contributed by atoms with E-state index in [1.807, 2.05) is 0 Å². The van der Waals surface area contributed by atoms with Gasteiger partial charge in [-0.2, -0.15) is 0 Å². The SMILES string of the molecule is COc1ccc(C(=O)Cc2c(Cl)cncc2Cl)c2c1OCCCOCCCO2. The number of Topliss-reactive ketones (excluding diaryl/α,β-unsaturated/α-hetero) is 1. The van der Waals surface area contributed by atoms with Gasteiger partial charge in [-0.1, -0.05) is 23.2 Å². The topological polar surface area (TPSA) is 66.9 Å². The molecule has 3 rings (SSSR count). The summed E-state index contributed by atoms with van der Waals surface area (Å²) in [6, 6.07) is 3.36. The molecule has 0 saturated carbocycles. The Bertz CT molecular complexity index is 823. The summed E-state index contributed by atoms with van der Waals surface area (Å²) in [4.78, 5) is 17.0. The quantitative estimate of drug-likeness (QED) is 0.676. The van der Waals surface area contributed by atoms with E-state index in [1.165, 1.54) is 12.4 Å². The largest absolute Gasteiger partial charge is 0.493 e. The van der Waals surface area contributed by atoms with Crippen LogP contribution in [0.25, 0.3) is 0 Å². The van der Waals surface area contributed by atoms with Gasteiger partial charge in [0, 0.05) is 50.4 Å². The Morgan fingerprint density at radius 2 is 1.68 bits per heavy atom. The fourth-order valence-corrected chi connectivity index (χ4v) is 3.34. The molecule has 0 N–H and O–H groups in total. The standard InChI is InChI=1S/C20H21Cl2NO5/c1-25-18-5-4-13(17(24)10-14-15(21)11-23-12-16(14)22)19-20(18)28-9-3-7-26-6-2-8-27-19/h4-5,11-12H,2-3,6-10H2,1H3. The highest BCUT2D eigenvalue weighted by molar-refractivity contribution is 6.36. The highest BCUT2D eigenvalue weighted by atomic mass is 35.5. The number of ketones is 1. The predicted molar refractivity (Wildman–Crippen MR) is 106 cm³/mol. The lowest BCUT2D eigenvalue weighted by molar-refractivity contribution is 0.0986. The molecule has 6 nitrogen and oxygen atoms in total. The van der Waals surface area contributed by atoms with Gasteiger partial charge in [0.1, 0.15) is 0 Å². The van der Waals surface area contributed by atoms with Crippen LogP contribution in [-0.4, -0.2) is 44.3 Å². The van der Waals surface area contributed by atoms with E-state index in [4.69, 9.17) is 42.1 Å². The third kappa shape index (κ3) is 4.87. The first kappa shape index (κ1) is 20.7. The number of rotatable bonds is 4. The Morgan fingerprint density at radius 1 is 1.04 bits per heavy atom. The molecule has 2 aromatic rings. The lowest BCUT2D eigenvalue weighted by Gasteiger charge is -2.18. The summed E-state index contributed by atoms with van der Waals surface area (Å²) in [7, 11) is 1.55. The molecule has 0 amide bonds. The van der Waals surface area contributed by atoms with Crippen LogP contribution in [-0.2, 0) is 11.2 Å². The molecule has 150 valence electrons. The zero-order valence-corrected chi connectivity index (χ0v) is 17.0. The Hall–Kier alpha value is -2.02. The number of hydrogen-bond donors (Lipinski definition) is 0. The first-order chi connectivity index (χ1) is 13.6. The minimum absolute atomic E-state index is 0.0193. The van der Waals surface area contributed by atoms with Crippen LogP contribution in [0.1, 0.15) is 28.8 Å². The molecule has 0 radical (unpaired) electrons. The third-order valence-electron chi connectivity index (χ3n) is 4.24. The normalized spacial score (nSPS) is 14.8. The van der Waals surface area contributed by atoms with Gasteiger partial charge in [-0.25, -0.2) is 0 Å². The first-order valence-electron chi connectivity index (χ1n) is 8.97. The van der Waals surface area contributed by atoms with Crippen molar-refractivity contribution in [2.45, 2.75) is 19.3 Å². The van der Waals surface area contributed by atoms with Crippen molar-refractivity contribution in [2.75, 3.05) is 33.5 Å². The van der Waals surface area contributed by atoms with Crippen LogP contribution < -0.4 is 14.2 Å². The van der Waals surface area contributed by atoms with E-state index < -0.39 is 0 Å². The van der Waals surface area contributed by atoms with Gasteiger partial charge in [0.25, 0.3) is 0 Å². The van der Waals surface area contributed by atoms with Gasteiger partial charge >= 0.3 is 0 Å². The number of carbonyl (C=O) groups is 1. The third-order valence-corrected chi connectivity index (χ3v) is 4.90. The number of benzene rings is 1. The molecule has 0 bridgehead atoms. The van der Waals surface area contributed by atoms with Crippen LogP contribution in [0.15, 0.2) is 24.5 Å². The molecule has 0 atom stereocenters. The van der Waals surface area contributed by atoms with E-state index in [1.54, 1.807) is 19.2 Å². The van der Waals surface area contributed by atoms with Crippen molar-refractivity contribution in [3.8, 4) is 17.2 Å². The van der Waals surface area contributed by atoms with Gasteiger partial charge in [0.15, 0.2) is 17.3 Å². The molecular formula is C20H21Cl2NO5. The van der Waals surface area contributed by atoms with E-state index >= 15 is 0 Å². The van der Waals surface area contributed by atoms with E-state index in [0.29, 0.717) is 71.3 Å². The van der Waals surface area contributed by atoms with Crippen molar-refractivity contribution in [3.05, 3.63) is 45.7 Å². The summed E-state index contributed by atoms with van der Waals surface area (Å²) in [5, 5.41) is 0.688. The summed E-state index contributed by atoms with van der Waals surface area (Å²) in [5.41, 5.74) is 0.916. The lowest BCUT2D eigenvalue weighted by atomic mass is 10.0. The highest BCUT2D eigenvalue weighted by Gasteiger charge is 2.23. The fraction of sp³-hybridized carbons (Fsp3) is 0.400. The molecule has 1 aromatic heterocycles. The monoisotopic (exact) mass is 425 g/mol. The molecule has 0 spiro atoms. The molecular weight excluding hydrogens is 405 g/mol. The van der Waals surface area contributed by atoms with E-state index in [9.17, 15) is 4.79 Å². The minimum Gasteiger partial charge on any atom is -0.493 e. The number of carbonyl (C=O) groups excluding carboxylic acids is 1. The molecule has 8 heteroatoms. The average Bonchev–Trinajstić information content (AvgIpc) is 2.74. The summed E-state index contributed by atoms with van der Waals surface area (Å²) >= 11 is 12.3. The second kappa shape index (κ2) is 9.96. The van der Waals surface area contributed by atoms with Crippen LogP contribution in [0.5, 0.6) is 17.2 Å². The molecule has 2 heterocycles. The Kier molecular flexibility index (Phi) is 7.36. The summed E-state index contributed by atoms with van der Waals surface area (Å²) in [5.74, 6) is 1.10. The number of ether oxygens (including phenoxy) is 4. The second-order valence-corrected chi connectivity index (χ2v) is 6.99. The molecule has 0 saturated heterocycles. The van der Waals surface area contributed by atoms with Gasteiger partial charge in [-0.3, -0.25) is 9.78 Å². The maximum absolute atomic E-state index is 13.1. The number of methoxy groups -OCH3 is 1. The summed E-state index contributed by atoms with van der Waals surface area (Å²) < 4.78 is 22.7. The first-order valence-corrected chi connectivity index (χ1v) is 9.72. The van der Waals surface area contributed by atoms with E-state index in [2.05, 4.69) is 4.98 Å². The number of aromatic nitrogens is 1. The Balaban J connectivity index is 1.96. The number of nitrogens with zero attached hydrogens (tertiary/aromatic N) is 1. The van der Waals surface area contributed by atoms with Crippen LogP contribution in [0.4, 0.5) is 0 Å².